The van der Waals surface area contributed by atoms with E-state index in [-0.39, 0.29) is 41.3 Å². The van der Waals surface area contributed by atoms with E-state index in [1.807, 2.05) is 0 Å². The quantitative estimate of drug-likeness (QED) is 0.0560. The van der Waals surface area contributed by atoms with Crippen molar-refractivity contribution in [2.75, 3.05) is 12.3 Å². The van der Waals surface area contributed by atoms with Crippen LogP contribution in [0, 0.1) is 16.0 Å². The number of ketones is 1. The number of H-pyrrole nitrogens is 1. The summed E-state index contributed by atoms with van der Waals surface area (Å²) in [5.74, 6) is -1.76. The number of nitrogens with two attached hydrogens (primary N) is 2. The monoisotopic (exact) mass is 683 g/mol. The van der Waals surface area contributed by atoms with Crippen LogP contribution in [0.2, 0.25) is 0 Å². The highest BCUT2D eigenvalue weighted by atomic mass is 31.3. The van der Waals surface area contributed by atoms with Crippen molar-refractivity contribution in [2.45, 2.75) is 31.7 Å². The largest absolute Gasteiger partial charge is 0.490 e. The fraction of sp³-hybridized carbons (Fsp3) is 0.368. The number of carbonyl (C=O) groups excluding carboxylic acids is 1. The highest BCUT2D eigenvalue weighted by Crippen LogP contribution is 2.66. The smallest absolute Gasteiger partial charge is 0.369 e. The molecule has 1 saturated heterocycles. The Balaban J connectivity index is 1.62. The molecule has 3 aromatic rings. The average Bonchev–Trinajstić information content (AvgIpc) is 3.48. The topological polar surface area (TPSA) is 345 Å². The Kier molecular flexibility index (Phi) is 9.67. The molecular weight excluding hydrogens is 659 g/mol. The van der Waals surface area contributed by atoms with Gasteiger partial charge in [-0.3, -0.25) is 33.8 Å². The Labute approximate surface area is 244 Å². The summed E-state index contributed by atoms with van der Waals surface area (Å²) >= 11 is 0. The zero-order valence-electron chi connectivity index (χ0n) is 21.9. The van der Waals surface area contributed by atoms with E-state index in [4.69, 9.17) is 30.5 Å². The minimum absolute atomic E-state index is 0.0148. The zero-order chi connectivity index (χ0) is 32.6. The van der Waals surface area contributed by atoms with Crippen molar-refractivity contribution >= 4 is 52.1 Å². The lowest BCUT2D eigenvalue weighted by Gasteiger charge is -2.21. The van der Waals surface area contributed by atoms with E-state index in [2.05, 4.69) is 23.6 Å². The van der Waals surface area contributed by atoms with Gasteiger partial charge in [0, 0.05) is 30.7 Å². The first kappa shape index (κ1) is 33.7. The van der Waals surface area contributed by atoms with Crippen LogP contribution in [0.15, 0.2) is 29.3 Å². The number of nitro benzene ring substituents is 1. The highest BCUT2D eigenvalue weighted by Gasteiger charge is 2.44. The second-order valence-electron chi connectivity index (χ2n) is 9.22. The lowest BCUT2D eigenvalue weighted by Crippen LogP contribution is -2.25. The molecule has 0 bridgehead atoms. The van der Waals surface area contributed by atoms with Gasteiger partial charge in [-0.15, -0.1) is 0 Å². The van der Waals surface area contributed by atoms with Gasteiger partial charge in [0.2, 0.25) is 5.95 Å². The van der Waals surface area contributed by atoms with Gasteiger partial charge < -0.3 is 35.8 Å². The van der Waals surface area contributed by atoms with Gasteiger partial charge in [0.1, 0.15) is 6.23 Å². The average molecular weight is 683 g/mol. The molecule has 1 aromatic carbocycles. The standard InChI is InChI=1S/C19H24N7O15P3/c20-6-9-1-2-11(26(29)30)5-12(9)13(27)3-10-4-15(25-8-22-16-17(25)23-19(21)24-18(16)28)39-14(10)7-38-43(34,35)41-44(36,37)40-42(31,32)33/h1-2,5,8,10,14-15H,3-4,6-7,20H2,(H,34,35)(H,36,37)(H2,31,32,33)(H3,21,23,24,28)/t10-,14?,15-/m1/s1. The molecule has 44 heavy (non-hydrogen) atoms. The number of nitrogens with one attached hydrogen (secondary N) is 1. The Morgan fingerprint density at radius 1 is 1.20 bits per heavy atom. The number of nitro groups is 1. The maximum absolute atomic E-state index is 13.4. The fourth-order valence-electron chi connectivity index (χ4n) is 4.44. The number of aromatic amines is 1. The number of carbonyl (C=O) groups is 1. The van der Waals surface area contributed by atoms with Gasteiger partial charge in [-0.1, -0.05) is 6.07 Å². The first-order valence-corrected chi connectivity index (χ1v) is 16.6. The van der Waals surface area contributed by atoms with Crippen molar-refractivity contribution in [3.63, 3.8) is 0 Å². The van der Waals surface area contributed by atoms with Crippen LogP contribution in [-0.2, 0) is 38.1 Å². The van der Waals surface area contributed by atoms with E-state index >= 15 is 0 Å². The second-order valence-corrected chi connectivity index (χ2v) is 13.6. The summed E-state index contributed by atoms with van der Waals surface area (Å²) in [5, 5.41) is 11.3. The third kappa shape index (κ3) is 8.07. The molecule has 1 aliphatic heterocycles. The Morgan fingerprint density at radius 3 is 2.55 bits per heavy atom. The number of non-ortho nitro benzene ring substituents is 1. The number of nitrogens with zero attached hydrogens (tertiary/aromatic N) is 4. The second kappa shape index (κ2) is 12.6. The summed E-state index contributed by atoms with van der Waals surface area (Å²) < 4.78 is 54.3. The molecule has 0 saturated carbocycles. The number of nitrogen functional groups attached to an aromatic ring is 1. The maximum atomic E-state index is 13.4. The summed E-state index contributed by atoms with van der Waals surface area (Å²) in [6, 6.07) is 3.53. The van der Waals surface area contributed by atoms with Gasteiger partial charge >= 0.3 is 23.5 Å². The highest BCUT2D eigenvalue weighted by molar-refractivity contribution is 7.66. The molecule has 1 fully saturated rings. The number of rotatable bonds is 13. The normalized spacial score (nSPS) is 21.6. The van der Waals surface area contributed by atoms with Crippen LogP contribution in [0.3, 0.4) is 0 Å². The van der Waals surface area contributed by atoms with Crippen molar-refractivity contribution in [1.29, 1.82) is 0 Å². The maximum Gasteiger partial charge on any atom is 0.490 e. The first-order chi connectivity index (χ1) is 20.4. The number of benzene rings is 1. The van der Waals surface area contributed by atoms with Gasteiger partial charge in [-0.25, -0.2) is 18.7 Å². The molecule has 4 rings (SSSR count). The number of Topliss-reactive ketones (excluding diaryl/α,β-unsaturated/α-hetero) is 1. The fourth-order valence-corrected chi connectivity index (χ4v) is 7.47. The molecular formula is C19H24N7O15P3. The van der Waals surface area contributed by atoms with Gasteiger partial charge in [0.25, 0.3) is 11.2 Å². The number of anilines is 1. The minimum atomic E-state index is -5.81. The van der Waals surface area contributed by atoms with Crippen molar-refractivity contribution in [1.82, 2.24) is 19.5 Å². The Morgan fingerprint density at radius 2 is 1.91 bits per heavy atom. The number of fused-ring (bicyclic) bond motifs is 1. The molecule has 3 unspecified atom stereocenters. The van der Waals surface area contributed by atoms with Crippen molar-refractivity contribution in [2.24, 2.45) is 11.7 Å². The third-order valence-corrected chi connectivity index (χ3v) is 10.0. The third-order valence-electron chi connectivity index (χ3n) is 6.21. The number of phosphoric acid groups is 3. The number of hydrogen-bond donors (Lipinski definition) is 7. The molecule has 5 atom stereocenters. The molecule has 25 heteroatoms. The summed E-state index contributed by atoms with van der Waals surface area (Å²) in [6.07, 6.45) is -1.57. The predicted octanol–water partition coefficient (Wildman–Crippen LogP) is 0.589. The van der Waals surface area contributed by atoms with Crippen LogP contribution in [-0.4, -0.2) is 62.5 Å². The van der Waals surface area contributed by atoms with Crippen LogP contribution in [0.5, 0.6) is 0 Å². The van der Waals surface area contributed by atoms with Crippen LogP contribution in [0.4, 0.5) is 11.6 Å². The van der Waals surface area contributed by atoms with Crippen LogP contribution in [0.25, 0.3) is 11.2 Å². The van der Waals surface area contributed by atoms with E-state index in [1.54, 1.807) is 0 Å². The zero-order valence-corrected chi connectivity index (χ0v) is 24.6. The van der Waals surface area contributed by atoms with Crippen molar-refractivity contribution < 1.29 is 60.9 Å². The van der Waals surface area contributed by atoms with Crippen molar-refractivity contribution in [3.8, 4) is 0 Å². The predicted molar refractivity (Wildman–Crippen MR) is 144 cm³/mol. The Hall–Kier alpha value is -3.23. The van der Waals surface area contributed by atoms with E-state index < -0.39 is 71.0 Å². The van der Waals surface area contributed by atoms with Gasteiger partial charge in [0.05, 0.1) is 24.0 Å². The lowest BCUT2D eigenvalue weighted by atomic mass is 9.90. The molecule has 3 heterocycles. The lowest BCUT2D eigenvalue weighted by molar-refractivity contribution is -0.384. The summed E-state index contributed by atoms with van der Waals surface area (Å²) in [7, 11) is -17.0. The molecule has 0 amide bonds. The minimum Gasteiger partial charge on any atom is -0.369 e. The first-order valence-electron chi connectivity index (χ1n) is 12.0. The molecule has 0 spiro atoms. The summed E-state index contributed by atoms with van der Waals surface area (Å²) in [5.41, 5.74) is 10.4. The number of imidazole rings is 1. The van der Waals surface area contributed by atoms with Gasteiger partial charge in [-0.05, 0) is 17.9 Å². The molecule has 1 aliphatic rings. The molecule has 22 nitrogen and oxygen atoms in total. The van der Waals surface area contributed by atoms with Crippen LogP contribution >= 0.6 is 23.5 Å². The molecule has 240 valence electrons. The van der Waals surface area contributed by atoms with Gasteiger partial charge in [-0.2, -0.15) is 13.6 Å². The van der Waals surface area contributed by atoms with E-state index in [0.29, 0.717) is 5.56 Å². The van der Waals surface area contributed by atoms with Crippen molar-refractivity contribution in [3.05, 3.63) is 56.1 Å². The van der Waals surface area contributed by atoms with Crippen LogP contribution in [0.1, 0.15) is 35.0 Å². The molecule has 0 aliphatic carbocycles. The summed E-state index contributed by atoms with van der Waals surface area (Å²) in [4.78, 5) is 83.2. The van der Waals surface area contributed by atoms with E-state index in [0.717, 1.165) is 6.07 Å². The molecule has 0 radical (unpaired) electrons. The molecule has 2 aromatic heterocycles. The number of aromatic nitrogens is 4. The Bertz CT molecular complexity index is 1810. The number of phosphoric ester groups is 1. The summed E-state index contributed by atoms with van der Waals surface area (Å²) in [6.45, 7) is -1.04. The molecule has 9 N–H and O–H groups in total. The van der Waals surface area contributed by atoms with E-state index in [9.17, 15) is 43.2 Å². The SMILES string of the molecule is NCc1ccc([N+](=O)[O-])cc1C(=O)C[C@@H]1C[C@H](n2cnc3c(=O)[nH]c(N)nc32)OC1COP(=O)(O)OP(=O)(O)OP(=O)(O)O. The van der Waals surface area contributed by atoms with Crippen LogP contribution < -0.4 is 17.0 Å². The number of hydrogen-bond acceptors (Lipinski definition) is 15. The van der Waals surface area contributed by atoms with E-state index in [1.165, 1.54) is 23.0 Å². The number of ether oxygens (including phenoxy) is 1. The van der Waals surface area contributed by atoms with Gasteiger partial charge in [0.15, 0.2) is 16.9 Å².